The third-order valence-electron chi connectivity index (χ3n) is 3.29. The number of nitrogens with one attached hydrogen (secondary N) is 2. The number of nitrogens with zero attached hydrogens (tertiary/aromatic N) is 3. The molecular formula is C14H21N5O. The maximum Gasteiger partial charge on any atom is 0.255 e. The van der Waals surface area contributed by atoms with Crippen LogP contribution in [0.2, 0.25) is 0 Å². The fourth-order valence-electron chi connectivity index (χ4n) is 2.31. The predicted molar refractivity (Wildman–Crippen MR) is 76.7 cm³/mol. The van der Waals surface area contributed by atoms with Crippen LogP contribution < -0.4 is 5.32 Å². The number of aromatic amines is 1. The van der Waals surface area contributed by atoms with Gasteiger partial charge in [-0.25, -0.2) is 0 Å². The van der Waals surface area contributed by atoms with Gasteiger partial charge in [-0.15, -0.1) is 0 Å². The smallest absolute Gasteiger partial charge is 0.255 e. The largest absolute Gasteiger partial charge is 0.352 e. The summed E-state index contributed by atoms with van der Waals surface area (Å²) in [6.07, 6.45) is 0.851. The van der Waals surface area contributed by atoms with Crippen LogP contribution in [0.25, 0.3) is 0 Å². The van der Waals surface area contributed by atoms with Gasteiger partial charge in [-0.3, -0.25) is 14.6 Å². The van der Waals surface area contributed by atoms with Crippen molar-refractivity contribution >= 4 is 5.91 Å². The van der Waals surface area contributed by atoms with E-state index < -0.39 is 0 Å². The van der Waals surface area contributed by atoms with E-state index in [-0.39, 0.29) is 5.91 Å². The Morgan fingerprint density at radius 1 is 1.35 bits per heavy atom. The summed E-state index contributed by atoms with van der Waals surface area (Å²) >= 11 is 0. The van der Waals surface area contributed by atoms with Gasteiger partial charge < -0.3 is 5.32 Å². The van der Waals surface area contributed by atoms with Crippen molar-refractivity contribution in [3.05, 3.63) is 34.4 Å². The number of amides is 1. The summed E-state index contributed by atoms with van der Waals surface area (Å²) in [5, 5.41) is 14.2. The average molecular weight is 275 g/mol. The zero-order valence-electron chi connectivity index (χ0n) is 12.4. The molecule has 0 unspecified atom stereocenters. The molecule has 0 aliphatic heterocycles. The van der Waals surface area contributed by atoms with E-state index in [0.717, 1.165) is 35.7 Å². The summed E-state index contributed by atoms with van der Waals surface area (Å²) in [5.41, 5.74) is 4.36. The van der Waals surface area contributed by atoms with Gasteiger partial charge in [-0.1, -0.05) is 0 Å². The van der Waals surface area contributed by atoms with E-state index in [4.69, 9.17) is 0 Å². The zero-order chi connectivity index (χ0) is 14.7. The molecule has 0 fully saturated rings. The molecule has 2 heterocycles. The van der Waals surface area contributed by atoms with Gasteiger partial charge in [-0.05, 0) is 40.2 Å². The van der Waals surface area contributed by atoms with Gasteiger partial charge in [0.1, 0.15) is 0 Å². The van der Waals surface area contributed by atoms with Gasteiger partial charge in [0.05, 0.1) is 17.0 Å². The molecule has 0 saturated heterocycles. The molecule has 0 radical (unpaired) electrons. The lowest BCUT2D eigenvalue weighted by atomic mass is 10.2. The minimum Gasteiger partial charge on any atom is -0.352 e. The second-order valence-corrected chi connectivity index (χ2v) is 5.07. The molecule has 0 saturated carbocycles. The number of hydrogen-bond donors (Lipinski definition) is 2. The Kier molecular flexibility index (Phi) is 4.22. The van der Waals surface area contributed by atoms with E-state index in [1.165, 1.54) is 0 Å². The van der Waals surface area contributed by atoms with Crippen LogP contribution in [-0.4, -0.2) is 32.4 Å². The van der Waals surface area contributed by atoms with E-state index in [9.17, 15) is 4.79 Å². The number of rotatable bonds is 5. The van der Waals surface area contributed by atoms with Crippen molar-refractivity contribution in [1.29, 1.82) is 0 Å². The number of aryl methyl sites for hydroxylation is 5. The minimum atomic E-state index is -0.0675. The number of hydrogen-bond acceptors (Lipinski definition) is 3. The topological polar surface area (TPSA) is 75.6 Å². The molecule has 0 aromatic carbocycles. The first-order valence-electron chi connectivity index (χ1n) is 6.80. The molecule has 2 aromatic heterocycles. The average Bonchev–Trinajstić information content (AvgIpc) is 2.87. The lowest BCUT2D eigenvalue weighted by molar-refractivity contribution is 0.0951. The Morgan fingerprint density at radius 3 is 2.65 bits per heavy atom. The maximum atomic E-state index is 12.0. The summed E-state index contributed by atoms with van der Waals surface area (Å²) in [6, 6.07) is 2.05. The van der Waals surface area contributed by atoms with Crippen molar-refractivity contribution in [2.45, 2.75) is 40.7 Å². The number of carbonyl (C=O) groups is 1. The van der Waals surface area contributed by atoms with Gasteiger partial charge >= 0.3 is 0 Å². The Bertz CT molecular complexity index is 592. The van der Waals surface area contributed by atoms with E-state index >= 15 is 0 Å². The van der Waals surface area contributed by atoms with Crippen LogP contribution in [0.5, 0.6) is 0 Å². The summed E-state index contributed by atoms with van der Waals surface area (Å²) in [4.78, 5) is 12.0. The molecule has 0 aliphatic rings. The molecule has 0 spiro atoms. The first-order valence-corrected chi connectivity index (χ1v) is 6.80. The molecule has 2 N–H and O–H groups in total. The minimum absolute atomic E-state index is 0.0675. The quantitative estimate of drug-likeness (QED) is 0.815. The second kappa shape index (κ2) is 5.90. The van der Waals surface area contributed by atoms with E-state index in [1.54, 1.807) is 0 Å². The van der Waals surface area contributed by atoms with Crippen molar-refractivity contribution in [2.24, 2.45) is 0 Å². The van der Waals surface area contributed by atoms with Crippen molar-refractivity contribution < 1.29 is 4.79 Å². The molecule has 1 amide bonds. The Morgan fingerprint density at radius 2 is 2.10 bits per heavy atom. The molecule has 6 nitrogen and oxygen atoms in total. The Balaban J connectivity index is 1.82. The van der Waals surface area contributed by atoms with Crippen LogP contribution in [0.1, 0.15) is 39.6 Å². The maximum absolute atomic E-state index is 12.0. The molecule has 108 valence electrons. The lowest BCUT2D eigenvalue weighted by Gasteiger charge is -2.07. The molecule has 0 aliphatic carbocycles. The molecular weight excluding hydrogens is 254 g/mol. The standard InChI is InChI=1S/C14H21N5O/c1-9-8-10(2)19(18-9)7-5-6-15-14(20)13-11(3)16-17-12(13)4/h8H,5-7H2,1-4H3,(H,15,20)(H,16,17). The van der Waals surface area contributed by atoms with Crippen LogP contribution in [0, 0.1) is 27.7 Å². The summed E-state index contributed by atoms with van der Waals surface area (Å²) in [7, 11) is 0. The highest BCUT2D eigenvalue weighted by Crippen LogP contribution is 2.08. The van der Waals surface area contributed by atoms with Gasteiger partial charge in [0.2, 0.25) is 0 Å². The van der Waals surface area contributed by atoms with Gasteiger partial charge in [0.15, 0.2) is 0 Å². The van der Waals surface area contributed by atoms with Crippen LogP contribution >= 0.6 is 0 Å². The monoisotopic (exact) mass is 275 g/mol. The van der Waals surface area contributed by atoms with Crippen molar-refractivity contribution in [3.63, 3.8) is 0 Å². The van der Waals surface area contributed by atoms with Gasteiger partial charge in [0.25, 0.3) is 5.91 Å². The Hall–Kier alpha value is -2.11. The van der Waals surface area contributed by atoms with Gasteiger partial charge in [0, 0.05) is 24.5 Å². The third kappa shape index (κ3) is 3.07. The van der Waals surface area contributed by atoms with Crippen molar-refractivity contribution in [2.75, 3.05) is 6.54 Å². The summed E-state index contributed by atoms with van der Waals surface area (Å²) in [6.45, 7) is 9.14. The number of aromatic nitrogens is 4. The molecule has 0 atom stereocenters. The molecule has 2 aromatic rings. The lowest BCUT2D eigenvalue weighted by Crippen LogP contribution is -2.26. The van der Waals surface area contributed by atoms with Crippen LogP contribution in [0.4, 0.5) is 0 Å². The first-order chi connectivity index (χ1) is 9.49. The van der Waals surface area contributed by atoms with Crippen molar-refractivity contribution in [1.82, 2.24) is 25.3 Å². The molecule has 0 bridgehead atoms. The highest BCUT2D eigenvalue weighted by atomic mass is 16.1. The predicted octanol–water partition coefficient (Wildman–Crippen LogP) is 1.66. The highest BCUT2D eigenvalue weighted by Gasteiger charge is 2.14. The fraction of sp³-hybridized carbons (Fsp3) is 0.500. The van der Waals surface area contributed by atoms with Crippen LogP contribution in [0.15, 0.2) is 6.07 Å². The van der Waals surface area contributed by atoms with Crippen molar-refractivity contribution in [3.8, 4) is 0 Å². The molecule has 2 rings (SSSR count). The van der Waals surface area contributed by atoms with Gasteiger partial charge in [-0.2, -0.15) is 10.2 Å². The van der Waals surface area contributed by atoms with Crippen LogP contribution in [-0.2, 0) is 6.54 Å². The SMILES string of the molecule is Cc1cc(C)n(CCCNC(=O)c2c(C)n[nH]c2C)n1. The molecule has 6 heteroatoms. The van der Waals surface area contributed by atoms with E-state index in [0.29, 0.717) is 12.1 Å². The Labute approximate surface area is 118 Å². The normalized spacial score (nSPS) is 10.8. The zero-order valence-corrected chi connectivity index (χ0v) is 12.4. The van der Waals surface area contributed by atoms with E-state index in [2.05, 4.69) is 26.7 Å². The first kappa shape index (κ1) is 14.3. The third-order valence-corrected chi connectivity index (χ3v) is 3.29. The van der Waals surface area contributed by atoms with E-state index in [1.807, 2.05) is 32.4 Å². The summed E-state index contributed by atoms with van der Waals surface area (Å²) < 4.78 is 1.97. The number of H-pyrrole nitrogens is 1. The number of carbonyl (C=O) groups excluding carboxylic acids is 1. The fourth-order valence-corrected chi connectivity index (χ4v) is 2.31. The summed E-state index contributed by atoms with van der Waals surface area (Å²) in [5.74, 6) is -0.0675. The van der Waals surface area contributed by atoms with Crippen LogP contribution in [0.3, 0.4) is 0 Å². The second-order valence-electron chi connectivity index (χ2n) is 5.07. The molecule has 20 heavy (non-hydrogen) atoms. The highest BCUT2D eigenvalue weighted by molar-refractivity contribution is 5.96.